The molecule has 4 rings (SSSR count). The van der Waals surface area contributed by atoms with Crippen LogP contribution in [0.1, 0.15) is 30.1 Å². The Morgan fingerprint density at radius 1 is 1.20 bits per heavy atom. The number of ether oxygens (including phenoxy) is 1. The SMILES string of the molecule is Cc1ccc([C@@H]2OCCC[C@H]2C(=O)Nc2ccnc3ccnn23)cc1. The molecule has 1 N–H and O–H groups in total. The van der Waals surface area contributed by atoms with Gasteiger partial charge in [0, 0.05) is 18.9 Å². The molecule has 0 spiro atoms. The van der Waals surface area contributed by atoms with Crippen molar-refractivity contribution < 1.29 is 9.53 Å². The largest absolute Gasteiger partial charge is 0.373 e. The highest BCUT2D eigenvalue weighted by Crippen LogP contribution is 2.34. The molecule has 1 aromatic carbocycles. The van der Waals surface area contributed by atoms with Gasteiger partial charge in [-0.15, -0.1) is 0 Å². The van der Waals surface area contributed by atoms with Crippen LogP contribution in [0.4, 0.5) is 5.82 Å². The van der Waals surface area contributed by atoms with Gasteiger partial charge in [-0.05, 0) is 31.4 Å². The van der Waals surface area contributed by atoms with Crippen molar-refractivity contribution >= 4 is 17.4 Å². The Hall–Kier alpha value is -2.73. The third kappa shape index (κ3) is 3.13. The number of carbonyl (C=O) groups excluding carboxylic acids is 1. The zero-order chi connectivity index (χ0) is 17.2. The minimum absolute atomic E-state index is 0.0479. The number of amides is 1. The number of hydrogen-bond acceptors (Lipinski definition) is 4. The second-order valence-electron chi connectivity index (χ2n) is 6.37. The topological polar surface area (TPSA) is 68.5 Å². The minimum atomic E-state index is -0.227. The summed E-state index contributed by atoms with van der Waals surface area (Å²) in [6.45, 7) is 2.73. The van der Waals surface area contributed by atoms with E-state index in [0.29, 0.717) is 18.1 Å². The molecule has 2 atom stereocenters. The molecule has 1 amide bonds. The van der Waals surface area contributed by atoms with Gasteiger partial charge in [-0.3, -0.25) is 4.79 Å². The first-order valence-electron chi connectivity index (χ1n) is 8.50. The average molecular weight is 336 g/mol. The van der Waals surface area contributed by atoms with Gasteiger partial charge in [-0.2, -0.15) is 9.61 Å². The van der Waals surface area contributed by atoms with Crippen LogP contribution < -0.4 is 5.32 Å². The number of hydrogen-bond donors (Lipinski definition) is 1. The molecule has 25 heavy (non-hydrogen) atoms. The second kappa shape index (κ2) is 6.64. The van der Waals surface area contributed by atoms with Gasteiger partial charge in [-0.25, -0.2) is 4.98 Å². The summed E-state index contributed by atoms with van der Waals surface area (Å²) in [5, 5.41) is 7.21. The molecule has 6 nitrogen and oxygen atoms in total. The van der Waals surface area contributed by atoms with Crippen LogP contribution in [0.3, 0.4) is 0 Å². The van der Waals surface area contributed by atoms with Crippen LogP contribution in [0.15, 0.2) is 48.8 Å². The van der Waals surface area contributed by atoms with Crippen molar-refractivity contribution in [2.24, 2.45) is 5.92 Å². The fraction of sp³-hybridized carbons (Fsp3) is 0.316. The number of rotatable bonds is 3. The van der Waals surface area contributed by atoms with E-state index in [1.165, 1.54) is 5.56 Å². The van der Waals surface area contributed by atoms with E-state index in [0.717, 1.165) is 18.4 Å². The smallest absolute Gasteiger partial charge is 0.231 e. The molecule has 0 bridgehead atoms. The Morgan fingerprint density at radius 2 is 2.04 bits per heavy atom. The first kappa shape index (κ1) is 15.8. The van der Waals surface area contributed by atoms with Crippen LogP contribution in [0, 0.1) is 12.8 Å². The molecule has 0 unspecified atom stereocenters. The minimum Gasteiger partial charge on any atom is -0.373 e. The summed E-state index contributed by atoms with van der Waals surface area (Å²) in [7, 11) is 0. The lowest BCUT2D eigenvalue weighted by molar-refractivity contribution is -0.129. The highest BCUT2D eigenvalue weighted by Gasteiger charge is 2.33. The van der Waals surface area contributed by atoms with Crippen molar-refractivity contribution in [1.29, 1.82) is 0 Å². The lowest BCUT2D eigenvalue weighted by Crippen LogP contribution is -2.33. The lowest BCUT2D eigenvalue weighted by Gasteiger charge is -2.31. The number of aryl methyl sites for hydroxylation is 1. The highest BCUT2D eigenvalue weighted by molar-refractivity contribution is 5.92. The zero-order valence-electron chi connectivity index (χ0n) is 14.1. The molecule has 6 heteroatoms. The maximum atomic E-state index is 12.9. The lowest BCUT2D eigenvalue weighted by atomic mass is 9.88. The van der Waals surface area contributed by atoms with Crippen molar-refractivity contribution in [2.45, 2.75) is 25.9 Å². The molecule has 0 aliphatic carbocycles. The van der Waals surface area contributed by atoms with Crippen LogP contribution in [-0.4, -0.2) is 27.1 Å². The summed E-state index contributed by atoms with van der Waals surface area (Å²) < 4.78 is 7.58. The average Bonchev–Trinajstić information content (AvgIpc) is 3.12. The molecule has 1 fully saturated rings. The van der Waals surface area contributed by atoms with Gasteiger partial charge in [0.1, 0.15) is 5.82 Å². The Balaban J connectivity index is 1.58. The number of anilines is 1. The molecule has 128 valence electrons. The number of nitrogens with one attached hydrogen (secondary N) is 1. The van der Waals surface area contributed by atoms with Crippen molar-refractivity contribution in [2.75, 3.05) is 11.9 Å². The summed E-state index contributed by atoms with van der Waals surface area (Å²) in [6.07, 6.45) is 4.80. The summed E-state index contributed by atoms with van der Waals surface area (Å²) in [5.74, 6) is 0.344. The van der Waals surface area contributed by atoms with Crippen LogP contribution in [0.5, 0.6) is 0 Å². The summed E-state index contributed by atoms with van der Waals surface area (Å²) >= 11 is 0. The maximum Gasteiger partial charge on any atom is 0.231 e. The van der Waals surface area contributed by atoms with Crippen LogP contribution in [0.25, 0.3) is 5.65 Å². The Bertz CT molecular complexity index is 888. The normalized spacial score (nSPS) is 20.5. The molecule has 0 radical (unpaired) electrons. The molecule has 1 saturated heterocycles. The van der Waals surface area contributed by atoms with Crippen molar-refractivity contribution in [3.05, 3.63) is 59.9 Å². The van der Waals surface area contributed by atoms with E-state index in [9.17, 15) is 4.79 Å². The second-order valence-corrected chi connectivity index (χ2v) is 6.37. The van der Waals surface area contributed by atoms with Gasteiger partial charge in [0.05, 0.1) is 18.2 Å². The molecule has 3 heterocycles. The van der Waals surface area contributed by atoms with Gasteiger partial charge >= 0.3 is 0 Å². The molecule has 2 aromatic heterocycles. The van der Waals surface area contributed by atoms with Crippen molar-refractivity contribution in [1.82, 2.24) is 14.6 Å². The van der Waals surface area contributed by atoms with Gasteiger partial charge < -0.3 is 10.1 Å². The van der Waals surface area contributed by atoms with E-state index >= 15 is 0 Å². The van der Waals surface area contributed by atoms with E-state index in [1.54, 1.807) is 29.0 Å². The summed E-state index contributed by atoms with van der Waals surface area (Å²) in [4.78, 5) is 17.1. The fourth-order valence-corrected chi connectivity index (χ4v) is 3.28. The fourth-order valence-electron chi connectivity index (χ4n) is 3.28. The number of aromatic nitrogens is 3. The monoisotopic (exact) mass is 336 g/mol. The third-order valence-corrected chi connectivity index (χ3v) is 4.61. The van der Waals surface area contributed by atoms with Crippen molar-refractivity contribution in [3.8, 4) is 0 Å². The van der Waals surface area contributed by atoms with Crippen LogP contribution >= 0.6 is 0 Å². The molecule has 3 aromatic rings. The molecular weight excluding hydrogens is 316 g/mol. The third-order valence-electron chi connectivity index (χ3n) is 4.61. The van der Waals surface area contributed by atoms with Crippen LogP contribution in [-0.2, 0) is 9.53 Å². The van der Waals surface area contributed by atoms with Gasteiger partial charge in [0.2, 0.25) is 5.91 Å². The van der Waals surface area contributed by atoms with E-state index < -0.39 is 0 Å². The number of benzene rings is 1. The quantitative estimate of drug-likeness (QED) is 0.798. The highest BCUT2D eigenvalue weighted by atomic mass is 16.5. The molecule has 0 saturated carbocycles. The Labute approximate surface area is 145 Å². The summed E-state index contributed by atoms with van der Waals surface area (Å²) in [6, 6.07) is 11.8. The van der Waals surface area contributed by atoms with Crippen LogP contribution in [0.2, 0.25) is 0 Å². The number of carbonyl (C=O) groups is 1. The predicted octanol–water partition coefficient (Wildman–Crippen LogP) is 3.14. The predicted molar refractivity (Wildman–Crippen MR) is 94.2 cm³/mol. The number of fused-ring (bicyclic) bond motifs is 1. The Morgan fingerprint density at radius 3 is 2.88 bits per heavy atom. The first-order chi connectivity index (χ1) is 12.2. The maximum absolute atomic E-state index is 12.9. The van der Waals surface area contributed by atoms with Gasteiger partial charge in [0.15, 0.2) is 5.65 Å². The molecule has 1 aliphatic rings. The zero-order valence-corrected chi connectivity index (χ0v) is 14.1. The van der Waals surface area contributed by atoms with E-state index in [1.807, 2.05) is 12.1 Å². The number of nitrogens with zero attached hydrogens (tertiary/aromatic N) is 3. The van der Waals surface area contributed by atoms with Gasteiger partial charge in [0.25, 0.3) is 0 Å². The molecular formula is C19H20N4O2. The Kier molecular flexibility index (Phi) is 4.19. The standard InChI is InChI=1S/C19H20N4O2/c1-13-4-6-14(7-5-13)18-15(3-2-12-25-18)19(24)22-17-8-10-20-16-9-11-21-23(16)17/h4-11,15,18H,2-3,12H2,1H3,(H,22,24)/t15-,18+/m1/s1. The van der Waals surface area contributed by atoms with Gasteiger partial charge in [-0.1, -0.05) is 29.8 Å². The summed E-state index contributed by atoms with van der Waals surface area (Å²) in [5.41, 5.74) is 2.94. The van der Waals surface area contributed by atoms with E-state index in [-0.39, 0.29) is 17.9 Å². The van der Waals surface area contributed by atoms with Crippen molar-refractivity contribution in [3.63, 3.8) is 0 Å². The van der Waals surface area contributed by atoms with E-state index in [4.69, 9.17) is 4.74 Å². The molecule has 1 aliphatic heterocycles. The van der Waals surface area contributed by atoms with E-state index in [2.05, 4.69) is 34.5 Å². The first-order valence-corrected chi connectivity index (χ1v) is 8.50.